The minimum atomic E-state index is -0.199. The highest BCUT2D eigenvalue weighted by Gasteiger charge is 2.37. The number of ether oxygens (including phenoxy) is 2. The molecule has 3 amide bonds. The Labute approximate surface area is 186 Å². The van der Waals surface area contributed by atoms with Crippen LogP contribution in [0.2, 0.25) is 0 Å². The van der Waals surface area contributed by atoms with Gasteiger partial charge in [0.05, 0.1) is 19.9 Å². The maximum absolute atomic E-state index is 13.0. The normalized spacial score (nSPS) is 17.8. The number of carbonyl (C=O) groups is 2. The van der Waals surface area contributed by atoms with Crippen LogP contribution < -0.4 is 19.7 Å². The maximum atomic E-state index is 13.0. The van der Waals surface area contributed by atoms with Gasteiger partial charge in [0.15, 0.2) is 0 Å². The third kappa shape index (κ3) is 4.35. The van der Waals surface area contributed by atoms with Crippen molar-refractivity contribution in [3.63, 3.8) is 0 Å². The van der Waals surface area contributed by atoms with Crippen molar-refractivity contribution in [3.8, 4) is 11.5 Å². The lowest BCUT2D eigenvalue weighted by Gasteiger charge is -2.28. The summed E-state index contributed by atoms with van der Waals surface area (Å²) in [7, 11) is 3.16. The average Bonchev–Trinajstić information content (AvgIpc) is 3.55. The smallest absolute Gasteiger partial charge is 0.325 e. The predicted molar refractivity (Wildman–Crippen MR) is 121 cm³/mol. The lowest BCUT2D eigenvalue weighted by molar-refractivity contribution is -0.121. The molecule has 2 aromatic rings. The zero-order valence-corrected chi connectivity index (χ0v) is 18.9. The molecule has 1 saturated heterocycles. The SMILES string of the molecule is COc1ccc(OC)c(N2CCN(CC(=O)NCC3(c4cccs4)CCCC3)C2=O)c1. The van der Waals surface area contributed by atoms with Crippen molar-refractivity contribution in [1.82, 2.24) is 10.2 Å². The van der Waals surface area contributed by atoms with Gasteiger partial charge in [-0.3, -0.25) is 9.69 Å². The molecule has 1 saturated carbocycles. The first-order valence-electron chi connectivity index (χ1n) is 10.7. The summed E-state index contributed by atoms with van der Waals surface area (Å²) < 4.78 is 10.7. The highest BCUT2D eigenvalue weighted by atomic mass is 32.1. The summed E-state index contributed by atoms with van der Waals surface area (Å²) in [6, 6.07) is 9.40. The lowest BCUT2D eigenvalue weighted by Crippen LogP contribution is -2.44. The molecule has 1 N–H and O–H groups in total. The molecule has 1 aromatic carbocycles. The van der Waals surface area contributed by atoms with Gasteiger partial charge in [-0.15, -0.1) is 11.3 Å². The molecule has 0 spiro atoms. The highest BCUT2D eigenvalue weighted by molar-refractivity contribution is 7.10. The number of thiophene rings is 1. The van der Waals surface area contributed by atoms with Crippen LogP contribution >= 0.6 is 11.3 Å². The van der Waals surface area contributed by atoms with Crippen molar-refractivity contribution in [2.24, 2.45) is 0 Å². The fourth-order valence-corrected chi connectivity index (χ4v) is 5.59. The summed E-state index contributed by atoms with van der Waals surface area (Å²) >= 11 is 1.76. The van der Waals surface area contributed by atoms with E-state index in [2.05, 4.69) is 22.8 Å². The number of amides is 3. The van der Waals surface area contributed by atoms with Crippen molar-refractivity contribution in [2.45, 2.75) is 31.1 Å². The second kappa shape index (κ2) is 9.18. The van der Waals surface area contributed by atoms with E-state index in [4.69, 9.17) is 9.47 Å². The summed E-state index contributed by atoms with van der Waals surface area (Å²) in [5.74, 6) is 1.13. The van der Waals surface area contributed by atoms with Gasteiger partial charge in [-0.05, 0) is 36.4 Å². The van der Waals surface area contributed by atoms with Crippen molar-refractivity contribution in [1.29, 1.82) is 0 Å². The molecule has 1 aliphatic heterocycles. The Hall–Kier alpha value is -2.74. The van der Waals surface area contributed by atoms with Gasteiger partial charge in [0, 0.05) is 36.0 Å². The average molecular weight is 444 g/mol. The van der Waals surface area contributed by atoms with Crippen LogP contribution in [0.15, 0.2) is 35.7 Å². The molecule has 2 aliphatic rings. The minimum Gasteiger partial charge on any atom is -0.497 e. The van der Waals surface area contributed by atoms with Crippen molar-refractivity contribution in [2.75, 3.05) is 45.3 Å². The van der Waals surface area contributed by atoms with Gasteiger partial charge in [-0.1, -0.05) is 18.9 Å². The van der Waals surface area contributed by atoms with Gasteiger partial charge in [-0.25, -0.2) is 4.79 Å². The van der Waals surface area contributed by atoms with E-state index in [-0.39, 0.29) is 23.9 Å². The summed E-state index contributed by atoms with van der Waals surface area (Å²) in [4.78, 5) is 30.3. The molecule has 8 heteroatoms. The van der Waals surface area contributed by atoms with Crippen LogP contribution in [0, 0.1) is 0 Å². The van der Waals surface area contributed by atoms with E-state index in [1.807, 2.05) is 0 Å². The minimum absolute atomic E-state index is 0.0405. The predicted octanol–water partition coefficient (Wildman–Crippen LogP) is 3.64. The Balaban J connectivity index is 1.38. The summed E-state index contributed by atoms with van der Waals surface area (Å²) in [5.41, 5.74) is 0.691. The molecule has 1 aliphatic carbocycles. The fraction of sp³-hybridized carbons (Fsp3) is 0.478. The van der Waals surface area contributed by atoms with Crippen molar-refractivity contribution < 1.29 is 19.1 Å². The van der Waals surface area contributed by atoms with E-state index >= 15 is 0 Å². The van der Waals surface area contributed by atoms with Crippen molar-refractivity contribution >= 4 is 29.0 Å². The first kappa shape index (κ1) is 21.5. The number of hydrogen-bond donors (Lipinski definition) is 1. The van der Waals surface area contributed by atoms with Gasteiger partial charge in [0.1, 0.15) is 18.0 Å². The topological polar surface area (TPSA) is 71.1 Å². The molecule has 2 fully saturated rings. The van der Waals surface area contributed by atoms with Crippen LogP contribution in [0.4, 0.5) is 10.5 Å². The van der Waals surface area contributed by atoms with Crippen LogP contribution in [-0.2, 0) is 10.2 Å². The molecule has 0 atom stereocenters. The number of rotatable bonds is 8. The Kier molecular flexibility index (Phi) is 6.36. The van der Waals surface area contributed by atoms with Crippen LogP contribution in [0.5, 0.6) is 11.5 Å². The Bertz CT molecular complexity index is 925. The fourth-order valence-electron chi connectivity index (χ4n) is 4.60. The number of hydrogen-bond acceptors (Lipinski definition) is 5. The van der Waals surface area contributed by atoms with Gasteiger partial charge in [-0.2, -0.15) is 0 Å². The first-order chi connectivity index (χ1) is 15.1. The Morgan fingerprint density at radius 1 is 1.16 bits per heavy atom. The molecule has 0 radical (unpaired) electrons. The number of methoxy groups -OCH3 is 2. The molecule has 1 aromatic heterocycles. The van der Waals surface area contributed by atoms with Crippen LogP contribution in [-0.4, -0.2) is 57.2 Å². The summed E-state index contributed by atoms with van der Waals surface area (Å²) in [6.45, 7) is 1.67. The van der Waals surface area contributed by atoms with Gasteiger partial charge in [0.25, 0.3) is 0 Å². The Morgan fingerprint density at radius 2 is 1.97 bits per heavy atom. The van der Waals surface area contributed by atoms with Gasteiger partial charge >= 0.3 is 6.03 Å². The zero-order valence-electron chi connectivity index (χ0n) is 18.1. The number of urea groups is 1. The second-order valence-corrected chi connectivity index (χ2v) is 9.08. The third-order valence-corrected chi connectivity index (χ3v) is 7.45. The molecule has 31 heavy (non-hydrogen) atoms. The zero-order chi connectivity index (χ0) is 21.8. The molecule has 0 bridgehead atoms. The van der Waals surface area contributed by atoms with E-state index in [9.17, 15) is 9.59 Å². The quantitative estimate of drug-likeness (QED) is 0.676. The molecular weight excluding hydrogens is 414 g/mol. The number of anilines is 1. The van der Waals surface area contributed by atoms with Crippen LogP contribution in [0.25, 0.3) is 0 Å². The summed E-state index contributed by atoms with van der Waals surface area (Å²) in [5, 5.41) is 5.21. The highest BCUT2D eigenvalue weighted by Crippen LogP contribution is 2.42. The van der Waals surface area contributed by atoms with Crippen LogP contribution in [0.3, 0.4) is 0 Å². The second-order valence-electron chi connectivity index (χ2n) is 8.14. The Morgan fingerprint density at radius 3 is 2.65 bits per heavy atom. The molecule has 0 unspecified atom stereocenters. The monoisotopic (exact) mass is 443 g/mol. The van der Waals surface area contributed by atoms with E-state index < -0.39 is 0 Å². The van der Waals surface area contributed by atoms with Crippen LogP contribution in [0.1, 0.15) is 30.6 Å². The largest absolute Gasteiger partial charge is 0.497 e. The molecule has 2 heterocycles. The number of carbonyl (C=O) groups excluding carboxylic acids is 2. The van der Waals surface area contributed by atoms with E-state index in [1.54, 1.807) is 53.6 Å². The van der Waals surface area contributed by atoms with Gasteiger partial charge < -0.3 is 19.7 Å². The lowest BCUT2D eigenvalue weighted by atomic mass is 9.84. The number of nitrogens with zero attached hydrogens (tertiary/aromatic N) is 2. The van der Waals surface area contributed by atoms with E-state index in [0.29, 0.717) is 36.8 Å². The van der Waals surface area contributed by atoms with E-state index in [0.717, 1.165) is 12.8 Å². The number of benzene rings is 1. The standard InChI is InChI=1S/C23H29N3O4S/c1-29-17-7-8-19(30-2)18(14-17)26-12-11-25(22(26)28)15-21(27)24-16-23(9-3-4-10-23)20-6-5-13-31-20/h5-8,13-14H,3-4,9-12,15-16H2,1-2H3,(H,24,27). The molecular formula is C23H29N3O4S. The first-order valence-corrected chi connectivity index (χ1v) is 11.5. The molecule has 7 nitrogen and oxygen atoms in total. The third-order valence-electron chi connectivity index (χ3n) is 6.33. The summed E-state index contributed by atoms with van der Waals surface area (Å²) in [6.07, 6.45) is 4.57. The van der Waals surface area contributed by atoms with E-state index in [1.165, 1.54) is 17.7 Å². The number of nitrogens with one attached hydrogen (secondary N) is 1. The molecule has 4 rings (SSSR count). The molecule has 166 valence electrons. The van der Waals surface area contributed by atoms with Gasteiger partial charge in [0.2, 0.25) is 5.91 Å². The maximum Gasteiger partial charge on any atom is 0.325 e. The van der Waals surface area contributed by atoms with Crippen molar-refractivity contribution in [3.05, 3.63) is 40.6 Å².